The Hall–Kier alpha value is -2.53. The molecule has 2 N–H and O–H groups in total. The first kappa shape index (κ1) is 16.3. The van der Waals surface area contributed by atoms with E-state index in [1.54, 1.807) is 24.3 Å². The van der Waals surface area contributed by atoms with Crippen LogP contribution in [0.25, 0.3) is 11.0 Å². The Bertz CT molecular complexity index is 888. The zero-order valence-corrected chi connectivity index (χ0v) is 14.4. The maximum absolute atomic E-state index is 11.9. The van der Waals surface area contributed by atoms with E-state index in [1.165, 1.54) is 0 Å². The molecule has 0 radical (unpaired) electrons. The monoisotopic (exact) mass is 342 g/mol. The fourth-order valence-corrected chi connectivity index (χ4v) is 2.77. The van der Waals surface area contributed by atoms with Crippen LogP contribution in [-0.2, 0) is 13.5 Å². The highest BCUT2D eigenvalue weighted by atomic mass is 35.5. The zero-order valence-electron chi connectivity index (χ0n) is 13.6. The van der Waals surface area contributed by atoms with E-state index >= 15 is 0 Å². The van der Waals surface area contributed by atoms with Gasteiger partial charge in [0.1, 0.15) is 5.82 Å². The molecule has 0 aliphatic carbocycles. The van der Waals surface area contributed by atoms with Crippen molar-refractivity contribution in [3.63, 3.8) is 0 Å². The lowest BCUT2D eigenvalue weighted by molar-refractivity contribution is 0.252. The third-order valence-corrected chi connectivity index (χ3v) is 4.19. The van der Waals surface area contributed by atoms with Crippen LogP contribution in [0.2, 0.25) is 5.02 Å². The molecule has 0 atom stereocenters. The predicted octanol–water partition coefficient (Wildman–Crippen LogP) is 3.90. The Morgan fingerprint density at radius 1 is 1.25 bits per heavy atom. The molecule has 124 valence electrons. The number of rotatable bonds is 4. The number of fused-ring (bicyclic) bond motifs is 1. The van der Waals surface area contributed by atoms with Gasteiger partial charge in [-0.15, -0.1) is 0 Å². The average molecular weight is 343 g/mol. The molecule has 6 heteroatoms. The molecule has 5 nitrogen and oxygen atoms in total. The number of anilines is 1. The minimum atomic E-state index is -0.243. The molecule has 1 aromatic heterocycles. The van der Waals surface area contributed by atoms with Crippen LogP contribution in [0.4, 0.5) is 10.5 Å². The number of benzene rings is 2. The Labute approximate surface area is 145 Å². The molecule has 0 aliphatic rings. The van der Waals surface area contributed by atoms with Crippen LogP contribution in [0.1, 0.15) is 11.4 Å². The van der Waals surface area contributed by atoms with Crippen LogP contribution in [0.15, 0.2) is 42.5 Å². The van der Waals surface area contributed by atoms with Crippen LogP contribution in [0.5, 0.6) is 0 Å². The number of carbonyl (C=O) groups is 1. The minimum absolute atomic E-state index is 0.243. The van der Waals surface area contributed by atoms with Crippen molar-refractivity contribution in [3.8, 4) is 0 Å². The number of nitrogens with zero attached hydrogens (tertiary/aromatic N) is 2. The molecule has 24 heavy (non-hydrogen) atoms. The zero-order chi connectivity index (χ0) is 17.1. The molecular weight excluding hydrogens is 324 g/mol. The molecule has 0 saturated carbocycles. The fourth-order valence-electron chi connectivity index (χ4n) is 2.58. The molecule has 0 aliphatic heterocycles. The van der Waals surface area contributed by atoms with Crippen LogP contribution >= 0.6 is 11.6 Å². The first-order chi connectivity index (χ1) is 11.5. The Balaban J connectivity index is 1.55. The van der Waals surface area contributed by atoms with Gasteiger partial charge in [0, 0.05) is 24.3 Å². The molecule has 0 fully saturated rings. The summed E-state index contributed by atoms with van der Waals surface area (Å²) in [6.07, 6.45) is 0.745. The maximum Gasteiger partial charge on any atom is 0.319 e. The molecule has 0 unspecified atom stereocenters. The summed E-state index contributed by atoms with van der Waals surface area (Å²) >= 11 is 5.89. The number of urea groups is 1. The van der Waals surface area contributed by atoms with Crippen molar-refractivity contribution in [2.75, 3.05) is 11.9 Å². The Morgan fingerprint density at radius 2 is 2.08 bits per heavy atom. The molecule has 1 heterocycles. The standard InChI is InChI=1S/C18H19ClN4O/c1-12-21-16-10-13(6-7-17(16)23(12)2)8-9-20-18(24)22-15-5-3-4-14(19)11-15/h3-7,10-11H,8-9H2,1-2H3,(H2,20,22,24). The van der Waals surface area contributed by atoms with Gasteiger partial charge in [0.15, 0.2) is 0 Å². The number of amides is 2. The number of hydrogen-bond donors (Lipinski definition) is 2. The van der Waals surface area contributed by atoms with Crippen molar-refractivity contribution in [1.29, 1.82) is 0 Å². The van der Waals surface area contributed by atoms with Gasteiger partial charge in [-0.2, -0.15) is 0 Å². The summed E-state index contributed by atoms with van der Waals surface area (Å²) in [5, 5.41) is 6.19. The summed E-state index contributed by atoms with van der Waals surface area (Å²) in [6, 6.07) is 13.0. The highest BCUT2D eigenvalue weighted by Gasteiger charge is 2.06. The van der Waals surface area contributed by atoms with Gasteiger partial charge in [0.2, 0.25) is 0 Å². The molecule has 2 aromatic carbocycles. The first-order valence-electron chi connectivity index (χ1n) is 7.75. The SMILES string of the molecule is Cc1nc2cc(CCNC(=O)Nc3cccc(Cl)c3)ccc2n1C. The van der Waals surface area contributed by atoms with Crippen molar-refractivity contribution in [2.24, 2.45) is 7.05 Å². The van der Waals surface area contributed by atoms with E-state index in [1.807, 2.05) is 14.0 Å². The molecule has 3 aromatic rings. The normalized spacial score (nSPS) is 10.8. The van der Waals surface area contributed by atoms with E-state index in [4.69, 9.17) is 11.6 Å². The van der Waals surface area contributed by atoms with Crippen LogP contribution in [0.3, 0.4) is 0 Å². The molecule has 3 rings (SSSR count). The van der Waals surface area contributed by atoms with Crippen molar-refractivity contribution in [2.45, 2.75) is 13.3 Å². The van der Waals surface area contributed by atoms with Crippen LogP contribution < -0.4 is 10.6 Å². The van der Waals surface area contributed by atoms with Gasteiger partial charge in [-0.05, 0) is 49.2 Å². The summed E-state index contributed by atoms with van der Waals surface area (Å²) in [5.74, 6) is 0.987. The quantitative estimate of drug-likeness (QED) is 0.755. The number of hydrogen-bond acceptors (Lipinski definition) is 2. The minimum Gasteiger partial charge on any atom is -0.338 e. The number of aryl methyl sites for hydroxylation is 2. The van der Waals surface area contributed by atoms with E-state index in [0.717, 1.165) is 28.8 Å². The van der Waals surface area contributed by atoms with Crippen molar-refractivity contribution in [1.82, 2.24) is 14.9 Å². The van der Waals surface area contributed by atoms with Gasteiger partial charge < -0.3 is 15.2 Å². The highest BCUT2D eigenvalue weighted by molar-refractivity contribution is 6.30. The second-order valence-corrected chi connectivity index (χ2v) is 6.12. The van der Waals surface area contributed by atoms with Gasteiger partial charge in [0.25, 0.3) is 0 Å². The van der Waals surface area contributed by atoms with Crippen LogP contribution in [0, 0.1) is 6.92 Å². The fraction of sp³-hybridized carbons (Fsp3) is 0.222. The lowest BCUT2D eigenvalue weighted by Gasteiger charge is -2.08. The summed E-state index contributed by atoms with van der Waals surface area (Å²) in [4.78, 5) is 16.4. The predicted molar refractivity (Wildman–Crippen MR) is 97.6 cm³/mol. The number of nitrogens with one attached hydrogen (secondary N) is 2. The van der Waals surface area contributed by atoms with Gasteiger partial charge in [-0.25, -0.2) is 9.78 Å². The van der Waals surface area contributed by atoms with E-state index in [2.05, 4.69) is 38.4 Å². The molecule has 2 amide bonds. The smallest absolute Gasteiger partial charge is 0.319 e. The molecule has 0 spiro atoms. The molecule has 0 saturated heterocycles. The molecular formula is C18H19ClN4O. The lowest BCUT2D eigenvalue weighted by atomic mass is 10.1. The Morgan fingerprint density at radius 3 is 2.88 bits per heavy atom. The van der Waals surface area contributed by atoms with E-state index < -0.39 is 0 Å². The van der Waals surface area contributed by atoms with Crippen LogP contribution in [-0.4, -0.2) is 22.1 Å². The second-order valence-electron chi connectivity index (χ2n) is 5.68. The third-order valence-electron chi connectivity index (χ3n) is 3.95. The van der Waals surface area contributed by atoms with Crippen molar-refractivity contribution >= 4 is 34.4 Å². The largest absolute Gasteiger partial charge is 0.338 e. The maximum atomic E-state index is 11.9. The van der Waals surface area contributed by atoms with Crippen molar-refractivity contribution < 1.29 is 4.79 Å². The van der Waals surface area contributed by atoms with Gasteiger partial charge in [-0.3, -0.25) is 0 Å². The average Bonchev–Trinajstić information content (AvgIpc) is 2.81. The van der Waals surface area contributed by atoms with E-state index in [0.29, 0.717) is 17.3 Å². The summed E-state index contributed by atoms with van der Waals surface area (Å²) in [5.41, 5.74) is 3.91. The topological polar surface area (TPSA) is 59.0 Å². The highest BCUT2D eigenvalue weighted by Crippen LogP contribution is 2.17. The second kappa shape index (κ2) is 6.93. The summed E-state index contributed by atoms with van der Waals surface area (Å²) < 4.78 is 2.07. The van der Waals surface area contributed by atoms with Gasteiger partial charge >= 0.3 is 6.03 Å². The first-order valence-corrected chi connectivity index (χ1v) is 8.13. The van der Waals surface area contributed by atoms with E-state index in [-0.39, 0.29) is 6.03 Å². The van der Waals surface area contributed by atoms with E-state index in [9.17, 15) is 4.79 Å². The third kappa shape index (κ3) is 3.68. The van der Waals surface area contributed by atoms with Gasteiger partial charge in [-0.1, -0.05) is 23.7 Å². The summed E-state index contributed by atoms with van der Waals surface area (Å²) in [6.45, 7) is 2.53. The number of carbonyl (C=O) groups excluding carboxylic acids is 1. The lowest BCUT2D eigenvalue weighted by Crippen LogP contribution is -2.30. The number of halogens is 1. The number of imidazole rings is 1. The number of aromatic nitrogens is 2. The summed E-state index contributed by atoms with van der Waals surface area (Å²) in [7, 11) is 2.01. The Kier molecular flexibility index (Phi) is 4.71. The molecule has 0 bridgehead atoms. The van der Waals surface area contributed by atoms with Gasteiger partial charge in [0.05, 0.1) is 11.0 Å². The van der Waals surface area contributed by atoms with Crippen molar-refractivity contribution in [3.05, 3.63) is 58.9 Å².